The topological polar surface area (TPSA) is 65.5 Å². The molecular formula is C18H21N3O2. The first-order valence-corrected chi connectivity index (χ1v) is 7.93. The average molecular weight is 311 g/mol. The molecule has 2 N–H and O–H groups in total. The van der Waals surface area contributed by atoms with Crippen molar-refractivity contribution >= 4 is 11.6 Å². The highest BCUT2D eigenvalue weighted by atomic mass is 16.3. The third-order valence-electron chi connectivity index (χ3n) is 4.11. The molecule has 1 fully saturated rings. The number of para-hydroxylation sites is 1. The van der Waals surface area contributed by atoms with Crippen LogP contribution in [0.25, 0.3) is 0 Å². The number of anilines is 1. The molecule has 2 aromatic rings. The number of carbonyl (C=O) groups excluding carboxylic acids is 1. The molecule has 0 aliphatic carbocycles. The minimum atomic E-state index is -0.202. The van der Waals surface area contributed by atoms with Crippen LogP contribution in [0.5, 0.6) is 0 Å². The van der Waals surface area contributed by atoms with Gasteiger partial charge in [-0.15, -0.1) is 0 Å². The van der Waals surface area contributed by atoms with E-state index in [0.29, 0.717) is 5.69 Å². The quantitative estimate of drug-likeness (QED) is 0.909. The number of aliphatic hydroxyl groups excluding tert-OH is 1. The van der Waals surface area contributed by atoms with Gasteiger partial charge in [-0.1, -0.05) is 24.3 Å². The molecule has 0 bridgehead atoms. The smallest absolute Gasteiger partial charge is 0.274 e. The molecule has 0 radical (unpaired) electrons. The maximum Gasteiger partial charge on any atom is 0.274 e. The molecule has 1 aromatic carbocycles. The zero-order valence-electron chi connectivity index (χ0n) is 13.0. The van der Waals surface area contributed by atoms with Crippen molar-refractivity contribution in [3.8, 4) is 0 Å². The fourth-order valence-electron chi connectivity index (χ4n) is 2.78. The van der Waals surface area contributed by atoms with E-state index >= 15 is 0 Å². The van der Waals surface area contributed by atoms with Crippen molar-refractivity contribution in [2.24, 2.45) is 0 Å². The second-order valence-corrected chi connectivity index (χ2v) is 5.83. The summed E-state index contributed by atoms with van der Waals surface area (Å²) in [5.41, 5.74) is 2.30. The Morgan fingerprint density at radius 2 is 1.91 bits per heavy atom. The van der Waals surface area contributed by atoms with E-state index in [1.54, 1.807) is 24.4 Å². The molecule has 1 aromatic heterocycles. The molecule has 2 heterocycles. The Bertz CT molecular complexity index is 652. The van der Waals surface area contributed by atoms with E-state index in [1.807, 2.05) is 24.3 Å². The third-order valence-corrected chi connectivity index (χ3v) is 4.11. The van der Waals surface area contributed by atoms with Crippen LogP contribution in [0.2, 0.25) is 0 Å². The van der Waals surface area contributed by atoms with Gasteiger partial charge in [0.2, 0.25) is 0 Å². The Hall–Kier alpha value is -2.24. The van der Waals surface area contributed by atoms with E-state index in [4.69, 9.17) is 0 Å². The lowest BCUT2D eigenvalue weighted by molar-refractivity contribution is 0.0793. The second-order valence-electron chi connectivity index (χ2n) is 5.83. The summed E-state index contributed by atoms with van der Waals surface area (Å²) in [7, 11) is 0. The molecule has 0 unspecified atom stereocenters. The number of piperidine rings is 1. The lowest BCUT2D eigenvalue weighted by Gasteiger charge is -2.30. The number of rotatable bonds is 4. The maximum atomic E-state index is 12.3. The van der Waals surface area contributed by atoms with Gasteiger partial charge in [-0.2, -0.15) is 0 Å². The molecule has 120 valence electrons. The standard InChI is InChI=1S/C18H21N3O2/c22-15-8-11-21(12-9-15)13-14-5-1-2-6-16(14)20-18(23)17-7-3-4-10-19-17/h1-7,10,15,22H,8-9,11-13H2,(H,20,23). The van der Waals surface area contributed by atoms with Crippen LogP contribution in [-0.2, 0) is 6.54 Å². The van der Waals surface area contributed by atoms with E-state index < -0.39 is 0 Å². The van der Waals surface area contributed by atoms with Gasteiger partial charge in [0, 0.05) is 31.5 Å². The molecular weight excluding hydrogens is 290 g/mol. The number of aliphatic hydroxyl groups is 1. The summed E-state index contributed by atoms with van der Waals surface area (Å²) in [6, 6.07) is 13.1. The number of nitrogens with one attached hydrogen (secondary N) is 1. The Morgan fingerprint density at radius 1 is 1.17 bits per heavy atom. The first kappa shape index (κ1) is 15.6. The monoisotopic (exact) mass is 311 g/mol. The van der Waals surface area contributed by atoms with E-state index in [9.17, 15) is 9.90 Å². The number of hydrogen-bond acceptors (Lipinski definition) is 4. The zero-order valence-corrected chi connectivity index (χ0v) is 13.0. The Balaban J connectivity index is 1.69. The summed E-state index contributed by atoms with van der Waals surface area (Å²) in [5, 5.41) is 12.5. The Labute approximate surface area is 136 Å². The average Bonchev–Trinajstić information content (AvgIpc) is 2.59. The summed E-state index contributed by atoms with van der Waals surface area (Å²) < 4.78 is 0. The van der Waals surface area contributed by atoms with Crippen molar-refractivity contribution in [2.45, 2.75) is 25.5 Å². The Kier molecular flexibility index (Phi) is 5.00. The van der Waals surface area contributed by atoms with Gasteiger partial charge in [-0.05, 0) is 36.6 Å². The molecule has 23 heavy (non-hydrogen) atoms. The lowest BCUT2D eigenvalue weighted by atomic mass is 10.1. The number of likely N-dealkylation sites (tertiary alicyclic amines) is 1. The second kappa shape index (κ2) is 7.35. The van der Waals surface area contributed by atoms with Crippen molar-refractivity contribution in [2.75, 3.05) is 18.4 Å². The molecule has 1 aliphatic rings. The van der Waals surface area contributed by atoms with Gasteiger partial charge in [-0.3, -0.25) is 14.7 Å². The van der Waals surface area contributed by atoms with Crippen LogP contribution in [-0.4, -0.2) is 40.1 Å². The molecule has 0 saturated carbocycles. The fraction of sp³-hybridized carbons (Fsp3) is 0.333. The van der Waals surface area contributed by atoms with Crippen LogP contribution in [0.4, 0.5) is 5.69 Å². The normalized spacial score (nSPS) is 16.2. The highest BCUT2D eigenvalue weighted by Gasteiger charge is 2.18. The molecule has 3 rings (SSSR count). The minimum absolute atomic E-state index is 0.176. The number of pyridine rings is 1. The maximum absolute atomic E-state index is 12.3. The zero-order chi connectivity index (χ0) is 16.1. The van der Waals surface area contributed by atoms with E-state index in [-0.39, 0.29) is 12.0 Å². The first-order valence-electron chi connectivity index (χ1n) is 7.93. The fourth-order valence-corrected chi connectivity index (χ4v) is 2.78. The molecule has 1 amide bonds. The largest absolute Gasteiger partial charge is 0.393 e. The summed E-state index contributed by atoms with van der Waals surface area (Å²) in [4.78, 5) is 18.7. The number of nitrogens with zero attached hydrogens (tertiary/aromatic N) is 2. The number of hydrogen-bond donors (Lipinski definition) is 2. The van der Waals surface area contributed by atoms with Gasteiger partial charge in [0.15, 0.2) is 0 Å². The number of benzene rings is 1. The molecule has 5 heteroatoms. The van der Waals surface area contributed by atoms with Crippen molar-refractivity contribution in [1.82, 2.24) is 9.88 Å². The van der Waals surface area contributed by atoms with Gasteiger partial charge in [0.05, 0.1) is 6.10 Å². The van der Waals surface area contributed by atoms with Crippen LogP contribution >= 0.6 is 0 Å². The molecule has 1 aliphatic heterocycles. The first-order chi connectivity index (χ1) is 11.2. The molecule has 0 atom stereocenters. The summed E-state index contributed by atoms with van der Waals surface area (Å²) in [5.74, 6) is -0.202. The highest BCUT2D eigenvalue weighted by Crippen LogP contribution is 2.20. The summed E-state index contributed by atoms with van der Waals surface area (Å²) >= 11 is 0. The summed E-state index contributed by atoms with van der Waals surface area (Å²) in [6.45, 7) is 2.53. The van der Waals surface area contributed by atoms with Gasteiger partial charge in [0.1, 0.15) is 5.69 Å². The van der Waals surface area contributed by atoms with Crippen molar-refractivity contribution < 1.29 is 9.90 Å². The minimum Gasteiger partial charge on any atom is -0.393 e. The van der Waals surface area contributed by atoms with Crippen LogP contribution in [0, 0.1) is 0 Å². The van der Waals surface area contributed by atoms with Crippen LogP contribution in [0.1, 0.15) is 28.9 Å². The molecule has 1 saturated heterocycles. The van der Waals surface area contributed by atoms with E-state index in [0.717, 1.165) is 43.7 Å². The van der Waals surface area contributed by atoms with Crippen LogP contribution in [0.15, 0.2) is 48.7 Å². The van der Waals surface area contributed by atoms with Crippen LogP contribution in [0.3, 0.4) is 0 Å². The van der Waals surface area contributed by atoms with Gasteiger partial charge >= 0.3 is 0 Å². The van der Waals surface area contributed by atoms with E-state index in [1.165, 1.54) is 0 Å². The number of aromatic nitrogens is 1. The summed E-state index contributed by atoms with van der Waals surface area (Å²) in [6.07, 6.45) is 3.05. The van der Waals surface area contributed by atoms with Gasteiger partial charge in [-0.25, -0.2) is 0 Å². The third kappa shape index (κ3) is 4.15. The Morgan fingerprint density at radius 3 is 2.65 bits per heavy atom. The molecule has 0 spiro atoms. The van der Waals surface area contributed by atoms with Gasteiger partial charge in [0.25, 0.3) is 5.91 Å². The number of amides is 1. The predicted octanol–water partition coefficient (Wildman–Crippen LogP) is 2.29. The predicted molar refractivity (Wildman–Crippen MR) is 89.2 cm³/mol. The highest BCUT2D eigenvalue weighted by molar-refractivity contribution is 6.03. The van der Waals surface area contributed by atoms with Crippen molar-refractivity contribution in [1.29, 1.82) is 0 Å². The van der Waals surface area contributed by atoms with E-state index in [2.05, 4.69) is 15.2 Å². The SMILES string of the molecule is O=C(Nc1ccccc1CN1CCC(O)CC1)c1ccccn1. The lowest BCUT2D eigenvalue weighted by Crippen LogP contribution is -2.35. The van der Waals surface area contributed by atoms with Gasteiger partial charge < -0.3 is 10.4 Å². The van der Waals surface area contributed by atoms with Crippen molar-refractivity contribution in [3.05, 3.63) is 59.9 Å². The number of carbonyl (C=O) groups is 1. The van der Waals surface area contributed by atoms with Crippen molar-refractivity contribution in [3.63, 3.8) is 0 Å². The van der Waals surface area contributed by atoms with Crippen LogP contribution < -0.4 is 5.32 Å². The molecule has 5 nitrogen and oxygen atoms in total.